The Hall–Kier alpha value is -1.87. The summed E-state index contributed by atoms with van der Waals surface area (Å²) in [5.74, 6) is 1.01. The van der Waals surface area contributed by atoms with Crippen molar-refractivity contribution in [3.05, 3.63) is 59.4 Å². The smallest absolute Gasteiger partial charge is 0.131 e. The van der Waals surface area contributed by atoms with Gasteiger partial charge in [-0.2, -0.15) is 0 Å². The summed E-state index contributed by atoms with van der Waals surface area (Å²) in [6.45, 7) is 7.00. The first-order valence-electron chi connectivity index (χ1n) is 7.11. The normalized spacial score (nSPS) is 11.5. The van der Waals surface area contributed by atoms with Gasteiger partial charge in [0.15, 0.2) is 0 Å². The van der Waals surface area contributed by atoms with Crippen molar-refractivity contribution in [2.24, 2.45) is 0 Å². The van der Waals surface area contributed by atoms with Gasteiger partial charge in [-0.25, -0.2) is 4.39 Å². The van der Waals surface area contributed by atoms with E-state index in [4.69, 9.17) is 4.74 Å². The molecule has 21 heavy (non-hydrogen) atoms. The molecule has 0 aliphatic heterocycles. The average Bonchev–Trinajstić information content (AvgIpc) is 2.37. The van der Waals surface area contributed by atoms with Gasteiger partial charge in [0, 0.05) is 18.2 Å². The molecule has 0 aliphatic carbocycles. The highest BCUT2D eigenvalue weighted by atomic mass is 19.1. The predicted molar refractivity (Wildman–Crippen MR) is 84.4 cm³/mol. The first-order valence-corrected chi connectivity index (χ1v) is 7.11. The fourth-order valence-corrected chi connectivity index (χ4v) is 2.29. The largest absolute Gasteiger partial charge is 0.457 e. The van der Waals surface area contributed by atoms with Crippen molar-refractivity contribution in [2.75, 3.05) is 7.05 Å². The maximum atomic E-state index is 13.7. The van der Waals surface area contributed by atoms with Crippen LogP contribution in [-0.2, 0) is 12.0 Å². The van der Waals surface area contributed by atoms with Crippen LogP contribution in [0.4, 0.5) is 4.39 Å². The third kappa shape index (κ3) is 4.05. The summed E-state index contributed by atoms with van der Waals surface area (Å²) in [5, 5.41) is 3.02. The van der Waals surface area contributed by atoms with E-state index in [1.165, 1.54) is 12.1 Å². The van der Waals surface area contributed by atoms with Crippen LogP contribution < -0.4 is 10.1 Å². The molecule has 2 nitrogen and oxygen atoms in total. The van der Waals surface area contributed by atoms with Gasteiger partial charge in [0.25, 0.3) is 0 Å². The van der Waals surface area contributed by atoms with Crippen molar-refractivity contribution >= 4 is 0 Å². The number of nitrogens with one attached hydrogen (secondary N) is 1. The number of benzene rings is 2. The highest BCUT2D eigenvalue weighted by Crippen LogP contribution is 2.34. The molecule has 2 rings (SSSR count). The summed E-state index contributed by atoms with van der Waals surface area (Å²) in [6, 6.07) is 12.7. The molecule has 0 spiro atoms. The Bertz CT molecular complexity index is 617. The Labute approximate surface area is 126 Å². The molecule has 0 aliphatic rings. The Morgan fingerprint density at radius 1 is 1.10 bits per heavy atom. The van der Waals surface area contributed by atoms with Gasteiger partial charge in [0.2, 0.25) is 0 Å². The number of halogens is 1. The highest BCUT2D eigenvalue weighted by Gasteiger charge is 2.19. The van der Waals surface area contributed by atoms with Crippen molar-refractivity contribution in [1.82, 2.24) is 5.32 Å². The first-order chi connectivity index (χ1) is 9.90. The Morgan fingerprint density at radius 2 is 1.81 bits per heavy atom. The van der Waals surface area contributed by atoms with Crippen LogP contribution in [0.5, 0.6) is 11.5 Å². The maximum absolute atomic E-state index is 13.7. The van der Waals surface area contributed by atoms with Gasteiger partial charge in [-0.15, -0.1) is 0 Å². The molecule has 2 aromatic rings. The number of ether oxygens (including phenoxy) is 1. The summed E-state index contributed by atoms with van der Waals surface area (Å²) < 4.78 is 19.6. The monoisotopic (exact) mass is 287 g/mol. The number of hydrogen-bond acceptors (Lipinski definition) is 2. The summed E-state index contributed by atoms with van der Waals surface area (Å²) in [5.41, 5.74) is 1.93. The summed E-state index contributed by atoms with van der Waals surface area (Å²) in [6.07, 6.45) is 0. The lowest BCUT2D eigenvalue weighted by Crippen LogP contribution is -2.12. The Morgan fingerprint density at radius 3 is 2.48 bits per heavy atom. The zero-order chi connectivity index (χ0) is 15.5. The van der Waals surface area contributed by atoms with E-state index < -0.39 is 0 Å². The van der Waals surface area contributed by atoms with Crippen LogP contribution in [0.2, 0.25) is 0 Å². The third-order valence-corrected chi connectivity index (χ3v) is 3.23. The van der Waals surface area contributed by atoms with Gasteiger partial charge >= 0.3 is 0 Å². The van der Waals surface area contributed by atoms with Crippen molar-refractivity contribution in [3.8, 4) is 11.5 Å². The zero-order valence-corrected chi connectivity index (χ0v) is 13.0. The fourth-order valence-electron chi connectivity index (χ4n) is 2.29. The second-order valence-corrected chi connectivity index (χ2v) is 6.17. The maximum Gasteiger partial charge on any atom is 0.131 e. The van der Waals surface area contributed by atoms with Crippen LogP contribution in [-0.4, -0.2) is 7.05 Å². The topological polar surface area (TPSA) is 21.3 Å². The lowest BCUT2D eigenvalue weighted by Gasteiger charge is -2.22. The van der Waals surface area contributed by atoms with Crippen LogP contribution in [0.1, 0.15) is 31.9 Å². The molecule has 0 amide bonds. The van der Waals surface area contributed by atoms with Gasteiger partial charge in [-0.05, 0) is 36.2 Å². The van der Waals surface area contributed by atoms with E-state index in [0.29, 0.717) is 12.3 Å². The predicted octanol–water partition coefficient (Wildman–Crippen LogP) is 4.63. The first kappa shape index (κ1) is 15.5. The van der Waals surface area contributed by atoms with Crippen molar-refractivity contribution in [1.29, 1.82) is 0 Å². The van der Waals surface area contributed by atoms with E-state index in [1.54, 1.807) is 0 Å². The van der Waals surface area contributed by atoms with Crippen LogP contribution in [0.25, 0.3) is 0 Å². The number of hydrogen-bond donors (Lipinski definition) is 1. The quantitative estimate of drug-likeness (QED) is 0.885. The molecule has 0 bridgehead atoms. The zero-order valence-electron chi connectivity index (χ0n) is 13.0. The van der Waals surface area contributed by atoms with E-state index in [1.807, 2.05) is 37.4 Å². The molecule has 0 saturated heterocycles. The summed E-state index contributed by atoms with van der Waals surface area (Å²) >= 11 is 0. The molecule has 3 heteroatoms. The second kappa shape index (κ2) is 6.27. The fraction of sp³-hybridized carbons (Fsp3) is 0.333. The molecule has 1 N–H and O–H groups in total. The average molecular weight is 287 g/mol. The lowest BCUT2D eigenvalue weighted by atomic mass is 9.86. The van der Waals surface area contributed by atoms with E-state index in [2.05, 4.69) is 26.1 Å². The van der Waals surface area contributed by atoms with Crippen molar-refractivity contribution in [2.45, 2.75) is 32.7 Å². The summed E-state index contributed by atoms with van der Waals surface area (Å²) in [4.78, 5) is 0. The summed E-state index contributed by atoms with van der Waals surface area (Å²) in [7, 11) is 1.83. The molecule has 112 valence electrons. The number of rotatable bonds is 4. The van der Waals surface area contributed by atoms with Crippen molar-refractivity contribution in [3.63, 3.8) is 0 Å². The van der Waals surface area contributed by atoms with Crippen LogP contribution in [0.3, 0.4) is 0 Å². The van der Waals surface area contributed by atoms with Gasteiger partial charge in [0.05, 0.1) is 0 Å². The molecule has 0 unspecified atom stereocenters. The van der Waals surface area contributed by atoms with Gasteiger partial charge < -0.3 is 10.1 Å². The van der Waals surface area contributed by atoms with Crippen LogP contribution in [0, 0.1) is 5.82 Å². The molecule has 0 fully saturated rings. The van der Waals surface area contributed by atoms with E-state index in [0.717, 1.165) is 16.9 Å². The Kier molecular flexibility index (Phi) is 4.63. The minimum Gasteiger partial charge on any atom is -0.457 e. The standard InChI is InChI=1S/C18H22FNO/c1-18(2,3)16-7-5-6-8-17(16)21-15-10-13(12-20-4)9-14(19)11-15/h5-11,20H,12H2,1-4H3. The Balaban J connectivity index is 2.35. The van der Waals surface area contributed by atoms with Gasteiger partial charge in [-0.1, -0.05) is 39.0 Å². The van der Waals surface area contributed by atoms with E-state index in [9.17, 15) is 4.39 Å². The molecule has 2 aromatic carbocycles. The molecule has 0 atom stereocenters. The van der Waals surface area contributed by atoms with Gasteiger partial charge in [-0.3, -0.25) is 0 Å². The minimum absolute atomic E-state index is 0.0300. The van der Waals surface area contributed by atoms with Crippen LogP contribution in [0.15, 0.2) is 42.5 Å². The molecule has 0 radical (unpaired) electrons. The minimum atomic E-state index is -0.286. The molecule has 0 heterocycles. The van der Waals surface area contributed by atoms with E-state index in [-0.39, 0.29) is 11.2 Å². The van der Waals surface area contributed by atoms with Gasteiger partial charge in [0.1, 0.15) is 17.3 Å². The van der Waals surface area contributed by atoms with E-state index >= 15 is 0 Å². The SMILES string of the molecule is CNCc1cc(F)cc(Oc2ccccc2C(C)(C)C)c1. The second-order valence-electron chi connectivity index (χ2n) is 6.17. The lowest BCUT2D eigenvalue weighted by molar-refractivity contribution is 0.450. The highest BCUT2D eigenvalue weighted by molar-refractivity contribution is 5.42. The van der Waals surface area contributed by atoms with Crippen LogP contribution >= 0.6 is 0 Å². The molecular weight excluding hydrogens is 265 g/mol. The molecule has 0 saturated carbocycles. The molecular formula is C18H22FNO. The molecule has 0 aromatic heterocycles. The third-order valence-electron chi connectivity index (χ3n) is 3.23. The van der Waals surface area contributed by atoms with Crippen molar-refractivity contribution < 1.29 is 9.13 Å². The number of para-hydroxylation sites is 1.